The molecule has 61 heavy (non-hydrogen) atoms. The summed E-state index contributed by atoms with van der Waals surface area (Å²) in [6, 6.07) is 0. The second-order valence-corrected chi connectivity index (χ2v) is 20.1. The molecule has 0 aromatic heterocycles. The molecule has 1 fully saturated rings. The second kappa shape index (κ2) is 47.1. The SMILES string of the molecule is CCCCCC/C=C(\CCCCCC)CCN(CC/C=C1/CCCN(CC/C=C(\CCCCCCCCCCCC)CCCCCCCCCCCCC)C1)CCCCCC. The molecule has 1 aliphatic heterocycles. The Balaban J connectivity index is 2.66. The maximum atomic E-state index is 2.85. The van der Waals surface area contributed by atoms with Crippen molar-refractivity contribution in [1.82, 2.24) is 9.80 Å². The molecule has 0 atom stereocenters. The lowest BCUT2D eigenvalue weighted by molar-refractivity contribution is 0.265. The van der Waals surface area contributed by atoms with Gasteiger partial charge in [-0.15, -0.1) is 0 Å². The molecule has 1 rings (SSSR count). The molecular formula is C59H114N2. The summed E-state index contributed by atoms with van der Waals surface area (Å²) in [5.74, 6) is 0. The zero-order valence-corrected chi connectivity index (χ0v) is 43.1. The van der Waals surface area contributed by atoms with E-state index in [1.165, 1.54) is 309 Å². The van der Waals surface area contributed by atoms with Gasteiger partial charge >= 0.3 is 0 Å². The van der Waals surface area contributed by atoms with Crippen molar-refractivity contribution in [3.63, 3.8) is 0 Å². The lowest BCUT2D eigenvalue weighted by Crippen LogP contribution is -2.32. The van der Waals surface area contributed by atoms with Gasteiger partial charge in [0.05, 0.1) is 0 Å². The fourth-order valence-corrected chi connectivity index (χ4v) is 9.80. The van der Waals surface area contributed by atoms with E-state index in [0.717, 1.165) is 0 Å². The number of hydrogen-bond acceptors (Lipinski definition) is 2. The largest absolute Gasteiger partial charge is 0.303 e. The number of unbranched alkanes of at least 4 members (excludes halogenated alkanes) is 29. The van der Waals surface area contributed by atoms with Crippen molar-refractivity contribution in [3.8, 4) is 0 Å². The van der Waals surface area contributed by atoms with E-state index in [-0.39, 0.29) is 0 Å². The Bertz CT molecular complexity index is 975. The van der Waals surface area contributed by atoms with E-state index in [2.05, 4.69) is 62.6 Å². The molecule has 0 N–H and O–H groups in total. The number of piperidine rings is 1. The van der Waals surface area contributed by atoms with Gasteiger partial charge in [-0.05, 0) is 103 Å². The van der Waals surface area contributed by atoms with Gasteiger partial charge in [-0.2, -0.15) is 0 Å². The topological polar surface area (TPSA) is 6.48 Å². The Morgan fingerprint density at radius 1 is 0.410 bits per heavy atom. The molecule has 0 spiro atoms. The molecule has 0 saturated carbocycles. The van der Waals surface area contributed by atoms with E-state index in [4.69, 9.17) is 0 Å². The number of rotatable bonds is 47. The van der Waals surface area contributed by atoms with Gasteiger partial charge in [0.25, 0.3) is 0 Å². The van der Waals surface area contributed by atoms with Crippen LogP contribution in [0.4, 0.5) is 0 Å². The van der Waals surface area contributed by atoms with Crippen LogP contribution in [0.2, 0.25) is 0 Å². The Kier molecular flexibility index (Phi) is 44.9. The number of hydrogen-bond donors (Lipinski definition) is 0. The maximum Gasteiger partial charge on any atom is 0.0192 e. The van der Waals surface area contributed by atoms with Crippen molar-refractivity contribution < 1.29 is 0 Å². The fraction of sp³-hybridized carbons (Fsp3) is 0.898. The molecule has 2 nitrogen and oxygen atoms in total. The molecule has 1 heterocycles. The lowest BCUT2D eigenvalue weighted by Gasteiger charge is -2.29. The predicted molar refractivity (Wildman–Crippen MR) is 279 cm³/mol. The minimum atomic E-state index is 1.22. The van der Waals surface area contributed by atoms with E-state index in [1.54, 1.807) is 16.7 Å². The highest BCUT2D eigenvalue weighted by atomic mass is 15.1. The summed E-state index contributed by atoms with van der Waals surface area (Å²) in [5.41, 5.74) is 5.31. The van der Waals surface area contributed by atoms with Crippen molar-refractivity contribution >= 4 is 0 Å². The first-order valence-electron chi connectivity index (χ1n) is 28.6. The quantitative estimate of drug-likeness (QED) is 0.0445. The molecule has 0 aromatic carbocycles. The number of likely N-dealkylation sites (tertiary alicyclic amines) is 1. The van der Waals surface area contributed by atoms with Crippen LogP contribution in [-0.4, -0.2) is 49.1 Å². The van der Waals surface area contributed by atoms with E-state index >= 15 is 0 Å². The highest BCUT2D eigenvalue weighted by molar-refractivity contribution is 5.08. The van der Waals surface area contributed by atoms with Crippen molar-refractivity contribution in [2.45, 2.75) is 304 Å². The van der Waals surface area contributed by atoms with Crippen LogP contribution in [0.15, 0.2) is 34.9 Å². The van der Waals surface area contributed by atoms with Crippen molar-refractivity contribution in [2.24, 2.45) is 0 Å². The van der Waals surface area contributed by atoms with Gasteiger partial charge in [0, 0.05) is 26.2 Å². The van der Waals surface area contributed by atoms with Crippen LogP contribution in [0.25, 0.3) is 0 Å². The molecule has 1 saturated heterocycles. The first-order valence-corrected chi connectivity index (χ1v) is 28.6. The summed E-state index contributed by atoms with van der Waals surface area (Å²) < 4.78 is 0. The van der Waals surface area contributed by atoms with Crippen molar-refractivity contribution in [3.05, 3.63) is 34.9 Å². The van der Waals surface area contributed by atoms with Crippen LogP contribution in [0, 0.1) is 0 Å². The molecule has 0 aromatic rings. The smallest absolute Gasteiger partial charge is 0.0192 e. The molecule has 2 heteroatoms. The summed E-state index contributed by atoms with van der Waals surface area (Å²) in [4.78, 5) is 5.64. The van der Waals surface area contributed by atoms with Crippen LogP contribution >= 0.6 is 0 Å². The third kappa shape index (κ3) is 39.2. The summed E-state index contributed by atoms with van der Waals surface area (Å²) in [7, 11) is 0. The molecule has 0 bridgehead atoms. The summed E-state index contributed by atoms with van der Waals surface area (Å²) in [6.45, 7) is 19.3. The van der Waals surface area contributed by atoms with Gasteiger partial charge in [-0.1, -0.05) is 249 Å². The lowest BCUT2D eigenvalue weighted by atomic mass is 9.98. The standard InChI is InChI=1S/C59H114N2/c1-6-11-16-21-23-25-27-29-31-34-38-44-57(43-37-33-30-28-26-24-22-17-12-7-2)47-40-53-61-54-42-49-59(56-61)48-41-52-60(51-39-20-15-10-5)55-50-58(45-35-19-14-9-4)46-36-32-18-13-8-3/h46-48H,6-45,49-56H2,1-5H3/b57-47+,58-46+,59-48-. The zero-order valence-electron chi connectivity index (χ0n) is 43.1. The predicted octanol–water partition coefficient (Wildman–Crippen LogP) is 19.9. The third-order valence-corrected chi connectivity index (χ3v) is 14.0. The minimum absolute atomic E-state index is 1.22. The number of nitrogens with zero attached hydrogens (tertiary/aromatic N) is 2. The Hall–Kier alpha value is -0.860. The molecule has 360 valence electrons. The summed E-state index contributed by atoms with van der Waals surface area (Å²) in [6.07, 6.45) is 66.8. The van der Waals surface area contributed by atoms with Crippen LogP contribution in [-0.2, 0) is 0 Å². The van der Waals surface area contributed by atoms with Gasteiger partial charge in [-0.25, -0.2) is 0 Å². The van der Waals surface area contributed by atoms with Gasteiger partial charge < -0.3 is 4.90 Å². The van der Waals surface area contributed by atoms with E-state index in [0.29, 0.717) is 0 Å². The maximum absolute atomic E-state index is 2.85. The molecule has 0 unspecified atom stereocenters. The van der Waals surface area contributed by atoms with E-state index < -0.39 is 0 Å². The average Bonchev–Trinajstić information content (AvgIpc) is 3.27. The van der Waals surface area contributed by atoms with Crippen LogP contribution in [0.5, 0.6) is 0 Å². The van der Waals surface area contributed by atoms with Crippen LogP contribution in [0.3, 0.4) is 0 Å². The average molecular weight is 852 g/mol. The van der Waals surface area contributed by atoms with Gasteiger partial charge in [0.15, 0.2) is 0 Å². The van der Waals surface area contributed by atoms with Gasteiger partial charge in [-0.3, -0.25) is 4.90 Å². The molecule has 0 aliphatic carbocycles. The minimum Gasteiger partial charge on any atom is -0.303 e. The van der Waals surface area contributed by atoms with E-state index in [9.17, 15) is 0 Å². The van der Waals surface area contributed by atoms with Crippen LogP contribution in [0.1, 0.15) is 304 Å². The molecule has 0 amide bonds. The molecular weight excluding hydrogens is 737 g/mol. The Morgan fingerprint density at radius 3 is 1.33 bits per heavy atom. The summed E-state index contributed by atoms with van der Waals surface area (Å²) >= 11 is 0. The summed E-state index contributed by atoms with van der Waals surface area (Å²) in [5, 5.41) is 0. The highest BCUT2D eigenvalue weighted by Gasteiger charge is 2.14. The van der Waals surface area contributed by atoms with Gasteiger partial charge in [0.1, 0.15) is 0 Å². The fourth-order valence-electron chi connectivity index (χ4n) is 9.80. The zero-order chi connectivity index (χ0) is 43.9. The monoisotopic (exact) mass is 851 g/mol. The first kappa shape index (κ1) is 58.2. The third-order valence-electron chi connectivity index (χ3n) is 14.0. The number of allylic oxidation sites excluding steroid dienone is 2. The normalized spacial score (nSPS) is 15.0. The first-order chi connectivity index (χ1) is 30.2. The Morgan fingerprint density at radius 2 is 0.820 bits per heavy atom. The van der Waals surface area contributed by atoms with E-state index in [1.807, 2.05) is 0 Å². The van der Waals surface area contributed by atoms with Crippen molar-refractivity contribution in [2.75, 3.05) is 39.3 Å². The van der Waals surface area contributed by atoms with Gasteiger partial charge in [0.2, 0.25) is 0 Å². The molecule has 1 aliphatic rings. The second-order valence-electron chi connectivity index (χ2n) is 20.1. The molecule has 0 radical (unpaired) electrons. The van der Waals surface area contributed by atoms with Crippen molar-refractivity contribution in [1.29, 1.82) is 0 Å². The Labute approximate surface area is 386 Å². The highest BCUT2D eigenvalue weighted by Crippen LogP contribution is 2.23. The van der Waals surface area contributed by atoms with Crippen LogP contribution < -0.4 is 0 Å².